The molecule has 17 heavy (non-hydrogen) atoms. The number of esters is 1. The topological polar surface area (TPSA) is 56.8 Å². The molecule has 5 heteroatoms. The predicted molar refractivity (Wildman–Crippen MR) is 63.9 cm³/mol. The quantitative estimate of drug-likeness (QED) is 0.529. The monoisotopic (exact) mass is 245 g/mol. The van der Waals surface area contributed by atoms with Gasteiger partial charge in [0.05, 0.1) is 19.8 Å². The Hall–Kier alpha value is -0.650. The van der Waals surface area contributed by atoms with Crippen LogP contribution in [0.15, 0.2) is 0 Å². The number of hydrogen-bond acceptors (Lipinski definition) is 5. The van der Waals surface area contributed by atoms with Gasteiger partial charge < -0.3 is 19.5 Å². The summed E-state index contributed by atoms with van der Waals surface area (Å²) < 4.78 is 15.3. The van der Waals surface area contributed by atoms with E-state index in [0.29, 0.717) is 26.4 Å². The molecule has 0 amide bonds. The van der Waals surface area contributed by atoms with Gasteiger partial charge >= 0.3 is 5.97 Å². The van der Waals surface area contributed by atoms with E-state index in [-0.39, 0.29) is 5.97 Å². The fourth-order valence-corrected chi connectivity index (χ4v) is 1.83. The van der Waals surface area contributed by atoms with Crippen molar-refractivity contribution >= 4 is 5.97 Å². The number of piperidine rings is 1. The van der Waals surface area contributed by atoms with E-state index in [1.54, 1.807) is 7.11 Å². The van der Waals surface area contributed by atoms with Crippen LogP contribution in [0.5, 0.6) is 0 Å². The molecule has 1 heterocycles. The highest BCUT2D eigenvalue weighted by molar-refractivity contribution is 5.80. The molecule has 0 aromatic carbocycles. The van der Waals surface area contributed by atoms with Crippen LogP contribution in [0.25, 0.3) is 0 Å². The summed E-state index contributed by atoms with van der Waals surface area (Å²) in [5, 5.41) is 3.22. The first-order valence-electron chi connectivity index (χ1n) is 6.18. The number of hydrogen-bond donors (Lipinski definition) is 1. The van der Waals surface area contributed by atoms with Crippen LogP contribution in [-0.2, 0) is 19.0 Å². The van der Waals surface area contributed by atoms with Gasteiger partial charge in [0.2, 0.25) is 0 Å². The second kappa shape index (κ2) is 7.63. The summed E-state index contributed by atoms with van der Waals surface area (Å²) in [5.74, 6) is -0.174. The molecule has 1 rings (SSSR count). The molecule has 1 aliphatic rings. The van der Waals surface area contributed by atoms with Crippen LogP contribution in [-0.4, -0.2) is 51.6 Å². The molecular formula is C12H23NO4. The summed E-state index contributed by atoms with van der Waals surface area (Å²) in [6, 6.07) is 0. The number of carbonyl (C=O) groups is 1. The zero-order valence-corrected chi connectivity index (χ0v) is 10.8. The maximum atomic E-state index is 11.8. The Balaban J connectivity index is 2.11. The van der Waals surface area contributed by atoms with Crippen molar-refractivity contribution in [2.24, 2.45) is 0 Å². The molecule has 100 valence electrons. The third kappa shape index (κ3) is 5.02. The number of methoxy groups -OCH3 is 1. The van der Waals surface area contributed by atoms with Gasteiger partial charge in [-0.3, -0.25) is 4.79 Å². The first-order chi connectivity index (χ1) is 8.19. The molecule has 0 aliphatic carbocycles. The van der Waals surface area contributed by atoms with Crippen LogP contribution in [0, 0.1) is 0 Å². The largest absolute Gasteiger partial charge is 0.462 e. The van der Waals surface area contributed by atoms with E-state index in [0.717, 1.165) is 25.8 Å². The fourth-order valence-electron chi connectivity index (χ4n) is 1.83. The Morgan fingerprint density at radius 2 is 2.00 bits per heavy atom. The molecule has 1 saturated heterocycles. The van der Waals surface area contributed by atoms with Gasteiger partial charge in [-0.1, -0.05) is 0 Å². The Morgan fingerprint density at radius 3 is 2.65 bits per heavy atom. The Kier molecular flexibility index (Phi) is 6.47. The van der Waals surface area contributed by atoms with Gasteiger partial charge in [0, 0.05) is 7.11 Å². The summed E-state index contributed by atoms with van der Waals surface area (Å²) in [6.07, 6.45) is 3.04. The van der Waals surface area contributed by atoms with Crippen molar-refractivity contribution in [2.45, 2.75) is 31.7 Å². The number of nitrogens with one attached hydrogen (secondary N) is 1. The van der Waals surface area contributed by atoms with Crippen molar-refractivity contribution in [2.75, 3.05) is 40.1 Å². The van der Waals surface area contributed by atoms with Crippen molar-refractivity contribution in [3.8, 4) is 0 Å². The first-order valence-corrected chi connectivity index (χ1v) is 6.18. The number of carbonyl (C=O) groups excluding carboxylic acids is 1. The molecule has 1 unspecified atom stereocenters. The zero-order valence-electron chi connectivity index (χ0n) is 10.8. The molecule has 1 aliphatic heterocycles. The van der Waals surface area contributed by atoms with Gasteiger partial charge in [-0.05, 0) is 32.7 Å². The average molecular weight is 245 g/mol. The van der Waals surface area contributed by atoms with Crippen LogP contribution in [0.2, 0.25) is 0 Å². The predicted octanol–water partition coefficient (Wildman–Crippen LogP) is 0.725. The fraction of sp³-hybridized carbons (Fsp3) is 0.917. The lowest BCUT2D eigenvalue weighted by Gasteiger charge is -2.32. The lowest BCUT2D eigenvalue weighted by Crippen LogP contribution is -2.53. The molecule has 1 fully saturated rings. The second-order valence-corrected chi connectivity index (χ2v) is 4.46. The Labute approximate surface area is 103 Å². The summed E-state index contributed by atoms with van der Waals surface area (Å²) in [5.41, 5.74) is -0.509. The maximum Gasteiger partial charge on any atom is 0.326 e. The minimum absolute atomic E-state index is 0.174. The smallest absolute Gasteiger partial charge is 0.326 e. The summed E-state index contributed by atoms with van der Waals surface area (Å²) in [4.78, 5) is 11.8. The minimum Gasteiger partial charge on any atom is -0.462 e. The van der Waals surface area contributed by atoms with Crippen LogP contribution < -0.4 is 5.32 Å². The van der Waals surface area contributed by atoms with Gasteiger partial charge in [-0.15, -0.1) is 0 Å². The number of ether oxygens (including phenoxy) is 3. The van der Waals surface area contributed by atoms with Crippen LogP contribution in [0.4, 0.5) is 0 Å². The minimum atomic E-state index is -0.509. The van der Waals surface area contributed by atoms with E-state index in [2.05, 4.69) is 5.32 Å². The molecule has 0 saturated carbocycles. The van der Waals surface area contributed by atoms with E-state index in [4.69, 9.17) is 14.2 Å². The van der Waals surface area contributed by atoms with E-state index in [9.17, 15) is 4.79 Å². The van der Waals surface area contributed by atoms with Crippen molar-refractivity contribution in [1.29, 1.82) is 0 Å². The number of rotatable bonds is 7. The molecule has 5 nitrogen and oxygen atoms in total. The van der Waals surface area contributed by atoms with Gasteiger partial charge in [-0.2, -0.15) is 0 Å². The van der Waals surface area contributed by atoms with Gasteiger partial charge in [0.1, 0.15) is 12.1 Å². The third-order valence-electron chi connectivity index (χ3n) is 2.96. The van der Waals surface area contributed by atoms with Crippen LogP contribution in [0.1, 0.15) is 26.2 Å². The maximum absolute atomic E-state index is 11.8. The summed E-state index contributed by atoms with van der Waals surface area (Å²) >= 11 is 0. The zero-order chi connectivity index (χ0) is 12.6. The molecule has 1 N–H and O–H groups in total. The van der Waals surface area contributed by atoms with Crippen molar-refractivity contribution in [3.05, 3.63) is 0 Å². The molecule has 0 spiro atoms. The third-order valence-corrected chi connectivity index (χ3v) is 2.96. The van der Waals surface area contributed by atoms with E-state index < -0.39 is 5.54 Å². The van der Waals surface area contributed by atoms with Crippen LogP contribution in [0.3, 0.4) is 0 Å². The van der Waals surface area contributed by atoms with E-state index in [1.807, 2.05) is 6.92 Å². The highest BCUT2D eigenvalue weighted by Gasteiger charge is 2.35. The molecule has 0 aromatic rings. The molecular weight excluding hydrogens is 222 g/mol. The van der Waals surface area contributed by atoms with Crippen molar-refractivity contribution < 1.29 is 19.0 Å². The normalized spacial score (nSPS) is 24.6. The van der Waals surface area contributed by atoms with Crippen molar-refractivity contribution in [1.82, 2.24) is 5.32 Å². The molecule has 0 radical (unpaired) electrons. The second-order valence-electron chi connectivity index (χ2n) is 4.46. The van der Waals surface area contributed by atoms with E-state index in [1.165, 1.54) is 0 Å². The Bertz CT molecular complexity index is 227. The van der Waals surface area contributed by atoms with Crippen molar-refractivity contribution in [3.63, 3.8) is 0 Å². The lowest BCUT2D eigenvalue weighted by atomic mass is 9.91. The van der Waals surface area contributed by atoms with Crippen LogP contribution >= 0.6 is 0 Å². The highest BCUT2D eigenvalue weighted by atomic mass is 16.6. The van der Waals surface area contributed by atoms with Gasteiger partial charge in [-0.25, -0.2) is 0 Å². The average Bonchev–Trinajstić information content (AvgIpc) is 2.34. The molecule has 0 bridgehead atoms. The van der Waals surface area contributed by atoms with Gasteiger partial charge in [0.25, 0.3) is 0 Å². The molecule has 1 atom stereocenters. The Morgan fingerprint density at radius 1 is 1.24 bits per heavy atom. The SMILES string of the molecule is COCCOCCOC(=O)C1(C)CCCCN1. The lowest BCUT2D eigenvalue weighted by molar-refractivity contribution is -0.153. The highest BCUT2D eigenvalue weighted by Crippen LogP contribution is 2.19. The standard InChI is InChI=1S/C12H23NO4/c1-12(5-3-4-6-13-12)11(14)17-10-9-16-8-7-15-2/h13H,3-10H2,1-2H3. The summed E-state index contributed by atoms with van der Waals surface area (Å²) in [7, 11) is 1.62. The first kappa shape index (κ1) is 14.4. The van der Waals surface area contributed by atoms with E-state index >= 15 is 0 Å². The molecule has 0 aromatic heterocycles. The van der Waals surface area contributed by atoms with Gasteiger partial charge in [0.15, 0.2) is 0 Å². The summed E-state index contributed by atoms with van der Waals surface area (Å²) in [6.45, 7) is 4.61.